The summed E-state index contributed by atoms with van der Waals surface area (Å²) >= 11 is 0. The molecule has 0 atom stereocenters. The van der Waals surface area contributed by atoms with E-state index in [1.165, 1.54) is 5.52 Å². The van der Waals surface area contributed by atoms with Crippen LogP contribution in [0.2, 0.25) is 0 Å². The first-order chi connectivity index (χ1) is 11.8. The molecule has 0 bridgehead atoms. The van der Waals surface area contributed by atoms with Crippen molar-refractivity contribution in [3.05, 3.63) is 59.9 Å². The average Bonchev–Trinajstić information content (AvgIpc) is 3.00. The van der Waals surface area contributed by atoms with Crippen molar-refractivity contribution < 1.29 is 4.74 Å². The maximum absolute atomic E-state index is 8.78. The third-order valence-electron chi connectivity index (χ3n) is 4.08. The fraction of sp³-hybridized carbons (Fsp3) is 0.300. The molecule has 1 heterocycles. The molecule has 0 spiro atoms. The van der Waals surface area contributed by atoms with Crippen LogP contribution in [0.5, 0.6) is 5.75 Å². The number of hydrogen-bond acceptors (Lipinski definition) is 3. The van der Waals surface area contributed by atoms with Gasteiger partial charge in [-0.25, -0.2) is 4.98 Å². The summed E-state index contributed by atoms with van der Waals surface area (Å²) in [6.45, 7) is 3.78. The molecule has 0 saturated heterocycles. The highest BCUT2D eigenvalue weighted by molar-refractivity contribution is 5.75. The normalized spacial score (nSPS) is 10.7. The summed E-state index contributed by atoms with van der Waals surface area (Å²) in [5.41, 5.74) is 2.94. The van der Waals surface area contributed by atoms with E-state index in [-0.39, 0.29) is 0 Å². The average molecular weight is 319 g/mol. The first kappa shape index (κ1) is 16.1. The molecule has 0 unspecified atom stereocenters. The van der Waals surface area contributed by atoms with Gasteiger partial charge in [-0.1, -0.05) is 19.1 Å². The number of ether oxygens (including phenoxy) is 1. The molecule has 0 aliphatic carbocycles. The van der Waals surface area contributed by atoms with Crippen molar-refractivity contribution in [3.8, 4) is 11.8 Å². The molecule has 0 N–H and O–H groups in total. The van der Waals surface area contributed by atoms with Crippen LogP contribution in [-0.2, 0) is 13.0 Å². The zero-order valence-electron chi connectivity index (χ0n) is 13.9. The summed E-state index contributed by atoms with van der Waals surface area (Å²) in [6, 6.07) is 17.7. The van der Waals surface area contributed by atoms with E-state index in [4.69, 9.17) is 15.0 Å². The quantitative estimate of drug-likeness (QED) is 0.609. The first-order valence-electron chi connectivity index (χ1n) is 8.39. The fourth-order valence-electron chi connectivity index (χ4n) is 2.83. The van der Waals surface area contributed by atoms with E-state index in [0.717, 1.165) is 42.9 Å². The minimum absolute atomic E-state index is 0.654. The van der Waals surface area contributed by atoms with Crippen LogP contribution in [0, 0.1) is 11.3 Å². The van der Waals surface area contributed by atoms with Crippen LogP contribution in [0.1, 0.15) is 31.2 Å². The summed E-state index contributed by atoms with van der Waals surface area (Å²) in [7, 11) is 0. The van der Waals surface area contributed by atoms with Crippen molar-refractivity contribution >= 4 is 11.0 Å². The summed E-state index contributed by atoms with van der Waals surface area (Å²) in [4.78, 5) is 4.70. The molecule has 0 saturated carbocycles. The molecular weight excluding hydrogens is 298 g/mol. The van der Waals surface area contributed by atoms with Gasteiger partial charge >= 0.3 is 0 Å². The molecule has 1 aromatic heterocycles. The third kappa shape index (κ3) is 3.57. The van der Waals surface area contributed by atoms with E-state index in [9.17, 15) is 0 Å². The van der Waals surface area contributed by atoms with Gasteiger partial charge in [-0.3, -0.25) is 0 Å². The van der Waals surface area contributed by atoms with Gasteiger partial charge in [-0.05, 0) is 49.2 Å². The van der Waals surface area contributed by atoms with E-state index in [2.05, 4.69) is 35.8 Å². The van der Waals surface area contributed by atoms with E-state index >= 15 is 0 Å². The SMILES string of the molecule is CCc1nc2ccccc2n1CCCCOc1ccc(C#N)cc1. The number of rotatable bonds is 7. The summed E-state index contributed by atoms with van der Waals surface area (Å²) < 4.78 is 8.05. The van der Waals surface area contributed by atoms with Crippen LogP contribution in [0.4, 0.5) is 0 Å². The Labute approximate surface area is 142 Å². The van der Waals surface area contributed by atoms with E-state index in [1.54, 1.807) is 12.1 Å². The first-order valence-corrected chi connectivity index (χ1v) is 8.39. The van der Waals surface area contributed by atoms with Gasteiger partial charge in [-0.2, -0.15) is 5.26 Å². The smallest absolute Gasteiger partial charge is 0.119 e. The molecule has 122 valence electrons. The van der Waals surface area contributed by atoms with Crippen LogP contribution in [0.25, 0.3) is 11.0 Å². The number of aromatic nitrogens is 2. The van der Waals surface area contributed by atoms with Gasteiger partial charge in [0.1, 0.15) is 11.6 Å². The molecule has 0 aliphatic rings. The zero-order chi connectivity index (χ0) is 16.8. The van der Waals surface area contributed by atoms with E-state index < -0.39 is 0 Å². The van der Waals surface area contributed by atoms with Crippen LogP contribution < -0.4 is 4.74 Å². The number of hydrogen-bond donors (Lipinski definition) is 0. The number of nitrogens with zero attached hydrogens (tertiary/aromatic N) is 3. The molecule has 0 radical (unpaired) electrons. The van der Waals surface area contributed by atoms with E-state index in [0.29, 0.717) is 12.2 Å². The minimum atomic E-state index is 0.654. The van der Waals surface area contributed by atoms with Crippen LogP contribution in [0.15, 0.2) is 48.5 Å². The molecule has 0 aliphatic heterocycles. The van der Waals surface area contributed by atoms with Crippen molar-refractivity contribution in [2.75, 3.05) is 6.61 Å². The van der Waals surface area contributed by atoms with Crippen molar-refractivity contribution in [3.63, 3.8) is 0 Å². The Bertz CT molecular complexity index is 843. The second-order valence-corrected chi connectivity index (χ2v) is 5.71. The molecule has 0 amide bonds. The zero-order valence-corrected chi connectivity index (χ0v) is 13.9. The molecule has 2 aromatic carbocycles. The van der Waals surface area contributed by atoms with Crippen LogP contribution in [-0.4, -0.2) is 16.2 Å². The molecule has 24 heavy (non-hydrogen) atoms. The van der Waals surface area contributed by atoms with Gasteiger partial charge in [-0.15, -0.1) is 0 Å². The highest BCUT2D eigenvalue weighted by atomic mass is 16.5. The van der Waals surface area contributed by atoms with Gasteiger partial charge in [0, 0.05) is 13.0 Å². The fourth-order valence-corrected chi connectivity index (χ4v) is 2.83. The number of nitriles is 1. The summed E-state index contributed by atoms with van der Waals surface area (Å²) in [5, 5.41) is 8.78. The number of para-hydroxylation sites is 2. The Hall–Kier alpha value is -2.80. The number of benzene rings is 2. The highest BCUT2D eigenvalue weighted by Crippen LogP contribution is 2.17. The Kier molecular flexibility index (Phi) is 5.12. The van der Waals surface area contributed by atoms with Crippen molar-refractivity contribution in [1.82, 2.24) is 9.55 Å². The van der Waals surface area contributed by atoms with Crippen molar-refractivity contribution in [2.24, 2.45) is 0 Å². The van der Waals surface area contributed by atoms with Crippen molar-refractivity contribution in [1.29, 1.82) is 5.26 Å². The Balaban J connectivity index is 1.52. The topological polar surface area (TPSA) is 50.8 Å². The molecule has 3 aromatic rings. The van der Waals surface area contributed by atoms with Crippen LogP contribution in [0.3, 0.4) is 0 Å². The Morgan fingerprint density at radius 1 is 1.08 bits per heavy atom. The maximum atomic E-state index is 8.78. The number of fused-ring (bicyclic) bond motifs is 1. The highest BCUT2D eigenvalue weighted by Gasteiger charge is 2.08. The second-order valence-electron chi connectivity index (χ2n) is 5.71. The third-order valence-corrected chi connectivity index (χ3v) is 4.08. The lowest BCUT2D eigenvalue weighted by Crippen LogP contribution is -2.05. The summed E-state index contributed by atoms with van der Waals surface area (Å²) in [5.74, 6) is 1.96. The standard InChI is InChI=1S/C20H21N3O/c1-2-20-22-18-7-3-4-8-19(18)23(20)13-5-6-14-24-17-11-9-16(15-21)10-12-17/h3-4,7-12H,2,5-6,13-14H2,1H3. The van der Waals surface area contributed by atoms with E-state index in [1.807, 2.05) is 18.2 Å². The van der Waals surface area contributed by atoms with Gasteiger partial charge < -0.3 is 9.30 Å². The molecule has 3 rings (SSSR count). The monoisotopic (exact) mass is 319 g/mol. The Morgan fingerprint density at radius 2 is 1.88 bits per heavy atom. The van der Waals surface area contributed by atoms with Gasteiger partial charge in [0.2, 0.25) is 0 Å². The lowest BCUT2D eigenvalue weighted by Gasteiger charge is -2.09. The second kappa shape index (κ2) is 7.65. The minimum Gasteiger partial charge on any atom is -0.494 e. The van der Waals surface area contributed by atoms with Gasteiger partial charge in [0.15, 0.2) is 0 Å². The molecular formula is C20H21N3O. The summed E-state index contributed by atoms with van der Waals surface area (Å²) in [6.07, 6.45) is 2.97. The maximum Gasteiger partial charge on any atom is 0.119 e. The van der Waals surface area contributed by atoms with Crippen molar-refractivity contribution in [2.45, 2.75) is 32.7 Å². The molecule has 4 nitrogen and oxygen atoms in total. The Morgan fingerprint density at radius 3 is 2.62 bits per heavy atom. The van der Waals surface area contributed by atoms with Crippen LogP contribution >= 0.6 is 0 Å². The number of aryl methyl sites for hydroxylation is 2. The number of unbranched alkanes of at least 4 members (excludes halogenated alkanes) is 1. The lowest BCUT2D eigenvalue weighted by molar-refractivity contribution is 0.303. The molecule has 0 fully saturated rings. The van der Waals surface area contributed by atoms with Gasteiger partial charge in [0.25, 0.3) is 0 Å². The predicted octanol–water partition coefficient (Wildman–Crippen LogP) is 4.33. The molecule has 4 heteroatoms. The largest absolute Gasteiger partial charge is 0.494 e. The predicted molar refractivity (Wildman–Crippen MR) is 95.0 cm³/mol. The number of imidazole rings is 1. The van der Waals surface area contributed by atoms with Gasteiger partial charge in [0.05, 0.1) is 29.3 Å². The lowest BCUT2D eigenvalue weighted by atomic mass is 10.2.